The second-order valence-corrected chi connectivity index (χ2v) is 12.1. The molecular weight excluding hydrogens is 615 g/mol. The zero-order chi connectivity index (χ0) is 33.4. The van der Waals surface area contributed by atoms with Crippen LogP contribution in [0.5, 0.6) is 11.5 Å². The van der Waals surface area contributed by atoms with Gasteiger partial charge in [0.05, 0.1) is 17.8 Å². The topological polar surface area (TPSA) is 138 Å². The van der Waals surface area contributed by atoms with Crippen molar-refractivity contribution < 1.29 is 28.3 Å². The minimum absolute atomic E-state index is 0.00796. The average molecular weight is 649 g/mol. The number of imide groups is 1. The number of ether oxygens (including phenoxy) is 1. The molecule has 12 heteroatoms. The number of piperidine rings is 1. The SMILES string of the molecule is NC(=O)c1ccc(N2CCN(Cc3ccc4c(c3F)CN(C3CCC(=O)NC3=O)C4=O)CC2)nc1-c1ccc(Oc2ccccc2)cc1. The molecule has 0 aliphatic carbocycles. The summed E-state index contributed by atoms with van der Waals surface area (Å²) in [5.41, 5.74) is 8.25. The molecule has 4 amide bonds. The van der Waals surface area contributed by atoms with E-state index in [9.17, 15) is 19.2 Å². The maximum atomic E-state index is 15.8. The van der Waals surface area contributed by atoms with Crippen molar-refractivity contribution in [2.24, 2.45) is 5.73 Å². The lowest BCUT2D eigenvalue weighted by Gasteiger charge is -2.35. The van der Waals surface area contributed by atoms with Gasteiger partial charge in [0.15, 0.2) is 0 Å². The summed E-state index contributed by atoms with van der Waals surface area (Å²) in [7, 11) is 0. The van der Waals surface area contributed by atoms with Crippen molar-refractivity contribution in [2.75, 3.05) is 31.1 Å². The van der Waals surface area contributed by atoms with E-state index in [2.05, 4.69) is 15.1 Å². The zero-order valence-corrected chi connectivity index (χ0v) is 26.0. The number of primary amides is 1. The van der Waals surface area contributed by atoms with Crippen LogP contribution in [0, 0.1) is 5.82 Å². The summed E-state index contributed by atoms with van der Waals surface area (Å²) in [5, 5.41) is 2.27. The quantitative estimate of drug-likeness (QED) is 0.275. The first-order valence-corrected chi connectivity index (χ1v) is 15.8. The van der Waals surface area contributed by atoms with Gasteiger partial charge in [-0.3, -0.25) is 29.4 Å². The van der Waals surface area contributed by atoms with Gasteiger partial charge in [-0.15, -0.1) is 0 Å². The fourth-order valence-electron chi connectivity index (χ4n) is 6.50. The minimum Gasteiger partial charge on any atom is -0.457 e. The summed E-state index contributed by atoms with van der Waals surface area (Å²) in [6.07, 6.45) is 0.362. The Morgan fingerprint density at radius 1 is 0.917 bits per heavy atom. The van der Waals surface area contributed by atoms with E-state index in [0.29, 0.717) is 66.9 Å². The first-order chi connectivity index (χ1) is 23.2. The molecule has 1 aromatic heterocycles. The minimum atomic E-state index is -0.794. The number of anilines is 1. The van der Waals surface area contributed by atoms with Gasteiger partial charge in [-0.2, -0.15) is 0 Å². The van der Waals surface area contributed by atoms with Crippen LogP contribution in [0.1, 0.15) is 44.7 Å². The number of piperazine rings is 1. The number of hydrogen-bond acceptors (Lipinski definition) is 8. The summed E-state index contributed by atoms with van der Waals surface area (Å²) in [6.45, 7) is 2.87. The molecule has 48 heavy (non-hydrogen) atoms. The molecule has 7 rings (SSSR count). The summed E-state index contributed by atoms with van der Waals surface area (Å²) in [5.74, 6) is -0.234. The van der Waals surface area contributed by atoms with Crippen LogP contribution in [0.2, 0.25) is 0 Å². The molecule has 0 bridgehead atoms. The van der Waals surface area contributed by atoms with E-state index in [1.165, 1.54) is 4.90 Å². The Balaban J connectivity index is 1.01. The van der Waals surface area contributed by atoms with E-state index in [0.717, 1.165) is 5.56 Å². The first-order valence-electron chi connectivity index (χ1n) is 15.8. The van der Waals surface area contributed by atoms with Crippen molar-refractivity contribution in [1.29, 1.82) is 0 Å². The van der Waals surface area contributed by atoms with E-state index >= 15 is 4.39 Å². The molecule has 3 aliphatic heterocycles. The second-order valence-electron chi connectivity index (χ2n) is 12.1. The van der Waals surface area contributed by atoms with Crippen LogP contribution in [0.25, 0.3) is 11.3 Å². The van der Waals surface area contributed by atoms with Crippen molar-refractivity contribution in [3.8, 4) is 22.8 Å². The molecule has 4 heterocycles. The number of amides is 4. The number of nitrogens with one attached hydrogen (secondary N) is 1. The third-order valence-corrected chi connectivity index (χ3v) is 9.07. The number of para-hydroxylation sites is 1. The number of pyridine rings is 1. The molecule has 1 atom stereocenters. The monoisotopic (exact) mass is 648 g/mol. The largest absolute Gasteiger partial charge is 0.457 e. The Kier molecular flexibility index (Phi) is 8.32. The predicted molar refractivity (Wildman–Crippen MR) is 175 cm³/mol. The van der Waals surface area contributed by atoms with Crippen LogP contribution in [0.15, 0.2) is 78.9 Å². The van der Waals surface area contributed by atoms with Crippen molar-refractivity contribution in [3.05, 3.63) is 107 Å². The summed E-state index contributed by atoms with van der Waals surface area (Å²) in [4.78, 5) is 59.8. The second kappa shape index (κ2) is 12.9. The Labute approximate surface area is 276 Å². The van der Waals surface area contributed by atoms with Crippen molar-refractivity contribution in [2.45, 2.75) is 32.0 Å². The maximum Gasteiger partial charge on any atom is 0.255 e. The number of hydrogen-bond donors (Lipinski definition) is 2. The van der Waals surface area contributed by atoms with Gasteiger partial charge in [0.2, 0.25) is 11.8 Å². The third-order valence-electron chi connectivity index (χ3n) is 9.07. The van der Waals surface area contributed by atoms with Crippen LogP contribution >= 0.6 is 0 Å². The molecule has 2 fully saturated rings. The fraction of sp³-hybridized carbons (Fsp3) is 0.250. The van der Waals surface area contributed by atoms with Gasteiger partial charge in [0.1, 0.15) is 29.2 Å². The number of nitrogens with two attached hydrogens (primary N) is 1. The molecule has 3 aliphatic rings. The Morgan fingerprint density at radius 3 is 2.35 bits per heavy atom. The molecule has 244 valence electrons. The normalized spacial score (nSPS) is 18.1. The standard InChI is InChI=1S/C36H33FN6O5/c37-32-23(8-11-26-28(32)21-43(36(26)47)29-13-15-31(44)40-35(29)46)20-41-16-18-42(19-17-41)30-14-12-27(34(38)45)33(39-30)22-6-9-25(10-7-22)48-24-4-2-1-3-5-24/h1-12,14,29H,13,15-21H2,(H2,38,45)(H,40,44,46). The highest BCUT2D eigenvalue weighted by Crippen LogP contribution is 2.32. The molecular formula is C36H33FN6O5. The smallest absolute Gasteiger partial charge is 0.255 e. The molecule has 4 aromatic rings. The molecule has 2 saturated heterocycles. The number of halogens is 1. The Morgan fingerprint density at radius 2 is 1.65 bits per heavy atom. The van der Waals surface area contributed by atoms with Crippen LogP contribution in [-0.2, 0) is 22.7 Å². The lowest BCUT2D eigenvalue weighted by Crippen LogP contribution is -2.52. The van der Waals surface area contributed by atoms with Gasteiger partial charge in [-0.25, -0.2) is 9.37 Å². The Bertz CT molecular complexity index is 1910. The van der Waals surface area contributed by atoms with Crippen LogP contribution < -0.4 is 20.7 Å². The molecule has 3 aromatic carbocycles. The Hall–Kier alpha value is -5.62. The molecule has 1 unspecified atom stereocenters. The van der Waals surface area contributed by atoms with Crippen molar-refractivity contribution in [3.63, 3.8) is 0 Å². The van der Waals surface area contributed by atoms with Gasteiger partial charge in [-0.1, -0.05) is 24.3 Å². The van der Waals surface area contributed by atoms with Crippen LogP contribution in [0.3, 0.4) is 0 Å². The van der Waals surface area contributed by atoms with E-state index < -0.39 is 29.6 Å². The molecule has 0 spiro atoms. The number of rotatable bonds is 8. The molecule has 11 nitrogen and oxygen atoms in total. The number of nitrogens with zero attached hydrogens (tertiary/aromatic N) is 4. The highest BCUT2D eigenvalue weighted by Gasteiger charge is 2.40. The van der Waals surface area contributed by atoms with E-state index in [1.807, 2.05) is 54.6 Å². The van der Waals surface area contributed by atoms with E-state index in [-0.39, 0.29) is 36.4 Å². The number of benzene rings is 3. The van der Waals surface area contributed by atoms with Crippen molar-refractivity contribution in [1.82, 2.24) is 20.1 Å². The number of carbonyl (C=O) groups is 4. The summed E-state index contributed by atoms with van der Waals surface area (Å²) >= 11 is 0. The van der Waals surface area contributed by atoms with Crippen LogP contribution in [0.4, 0.5) is 10.2 Å². The third kappa shape index (κ3) is 6.09. The molecule has 0 saturated carbocycles. The predicted octanol–water partition coefficient (Wildman–Crippen LogP) is 3.86. The molecule has 0 radical (unpaired) electrons. The molecule has 3 N–H and O–H groups in total. The highest BCUT2D eigenvalue weighted by molar-refractivity contribution is 6.05. The van der Waals surface area contributed by atoms with Crippen molar-refractivity contribution >= 4 is 29.4 Å². The van der Waals surface area contributed by atoms with Gasteiger partial charge >= 0.3 is 0 Å². The van der Waals surface area contributed by atoms with Gasteiger partial charge < -0.3 is 20.3 Å². The van der Waals surface area contributed by atoms with Gasteiger partial charge in [0, 0.05) is 61.4 Å². The average Bonchev–Trinajstić information content (AvgIpc) is 3.43. The summed E-state index contributed by atoms with van der Waals surface area (Å²) < 4.78 is 21.7. The lowest BCUT2D eigenvalue weighted by molar-refractivity contribution is -0.136. The number of fused-ring (bicyclic) bond motifs is 1. The van der Waals surface area contributed by atoms with E-state index in [1.54, 1.807) is 24.3 Å². The maximum absolute atomic E-state index is 15.8. The van der Waals surface area contributed by atoms with Gasteiger partial charge in [0.25, 0.3) is 11.8 Å². The van der Waals surface area contributed by atoms with Crippen LogP contribution in [-0.4, -0.2) is 70.6 Å². The number of aromatic nitrogens is 1. The fourth-order valence-corrected chi connectivity index (χ4v) is 6.50. The number of carbonyl (C=O) groups excluding carboxylic acids is 4. The van der Waals surface area contributed by atoms with E-state index in [4.69, 9.17) is 15.5 Å². The lowest BCUT2D eigenvalue weighted by atomic mass is 10.0. The zero-order valence-electron chi connectivity index (χ0n) is 26.0. The summed E-state index contributed by atoms with van der Waals surface area (Å²) in [6, 6.07) is 22.7. The van der Waals surface area contributed by atoms with Gasteiger partial charge in [-0.05, 0) is 61.0 Å². The first kappa shape index (κ1) is 31.0. The highest BCUT2D eigenvalue weighted by atomic mass is 19.1.